The molecule has 8 rings (SSSR count). The van der Waals surface area contributed by atoms with Crippen molar-refractivity contribution in [3.05, 3.63) is 85.1 Å². The van der Waals surface area contributed by atoms with E-state index in [-0.39, 0.29) is 10.8 Å². The number of halogens is 2. The quantitative estimate of drug-likeness (QED) is 0.107. The number of hydrogen-bond acceptors (Lipinski definition) is 5. The predicted molar refractivity (Wildman–Crippen MR) is 152 cm³/mol. The second-order valence-corrected chi connectivity index (χ2v) is 15.1. The van der Waals surface area contributed by atoms with E-state index in [1.165, 1.54) is 0 Å². The van der Waals surface area contributed by atoms with E-state index in [4.69, 9.17) is 45.8 Å². The molecular formula is C29H26Cl2NO5P. The average molecular weight is 570 g/mol. The van der Waals surface area contributed by atoms with Gasteiger partial charge in [-0.05, 0) is 0 Å². The number of aromatic nitrogens is 1. The van der Waals surface area contributed by atoms with Gasteiger partial charge >= 0.3 is 201 Å². The average Bonchev–Trinajstić information content (AvgIpc) is 3.39. The number of para-hydroxylation sites is 1. The number of pyridine rings is 1. The first-order valence-corrected chi connectivity index (χ1v) is 15.7. The Hall–Kier alpha value is -2.86. The van der Waals surface area contributed by atoms with E-state index in [2.05, 4.69) is 26.0 Å². The first-order chi connectivity index (χ1) is 18.3. The van der Waals surface area contributed by atoms with E-state index >= 15 is 0 Å². The molecule has 1 saturated heterocycles. The molecular weight excluding hydrogens is 544 g/mol. The molecule has 0 unspecified atom stereocenters. The minimum Gasteiger partial charge on any atom is -0.109 e. The molecule has 3 aliphatic heterocycles. The molecule has 0 saturated carbocycles. The van der Waals surface area contributed by atoms with Crippen molar-refractivity contribution in [1.29, 1.82) is 0 Å². The number of benzene rings is 4. The number of rotatable bonds is 0. The van der Waals surface area contributed by atoms with Gasteiger partial charge in [-0.1, -0.05) is 0 Å². The van der Waals surface area contributed by atoms with Crippen LogP contribution in [-0.2, 0) is 9.05 Å². The van der Waals surface area contributed by atoms with Crippen LogP contribution in [0.4, 0.5) is 0 Å². The fourth-order valence-electron chi connectivity index (χ4n) is 5.65. The molecule has 196 valence electrons. The maximum Gasteiger partial charge on any atom is 0.0967 e. The Morgan fingerprint density at radius 2 is 1.24 bits per heavy atom. The normalized spacial score (nSPS) is 22.2. The summed E-state index contributed by atoms with van der Waals surface area (Å²) >= 11 is 9.53. The van der Waals surface area contributed by atoms with Gasteiger partial charge in [-0.15, -0.1) is 23.2 Å². The van der Waals surface area contributed by atoms with Crippen molar-refractivity contribution in [3.63, 3.8) is 0 Å². The van der Waals surface area contributed by atoms with Crippen LogP contribution in [0.25, 0.3) is 32.4 Å². The minimum absolute atomic E-state index is 0.194. The molecule has 1 fully saturated rings. The molecule has 0 amide bonds. The Morgan fingerprint density at radius 1 is 0.711 bits per heavy atom. The van der Waals surface area contributed by atoms with E-state index in [0.717, 1.165) is 32.4 Å². The van der Waals surface area contributed by atoms with Gasteiger partial charge in [0.25, 0.3) is 0 Å². The van der Waals surface area contributed by atoms with E-state index in [1.807, 2.05) is 77.3 Å². The van der Waals surface area contributed by atoms with Crippen LogP contribution in [0.15, 0.2) is 85.1 Å². The van der Waals surface area contributed by atoms with Crippen molar-refractivity contribution in [1.82, 2.24) is 0 Å². The Balaban J connectivity index is 0.000000773. The van der Waals surface area contributed by atoms with Gasteiger partial charge in [0.15, 0.2) is 0 Å². The second kappa shape index (κ2) is 7.62. The summed E-state index contributed by atoms with van der Waals surface area (Å²) in [6, 6.07) is 26.2. The molecule has 4 aromatic carbocycles. The van der Waals surface area contributed by atoms with Crippen LogP contribution < -0.4 is 17.9 Å². The molecule has 0 N–H and O–H groups in total. The van der Waals surface area contributed by atoms with Crippen molar-refractivity contribution < 1.29 is 27.0 Å². The number of hydrogen-bond donors (Lipinski definition) is 0. The van der Waals surface area contributed by atoms with Gasteiger partial charge in [-0.3, -0.25) is 0 Å². The molecule has 0 bridgehead atoms. The van der Waals surface area contributed by atoms with Gasteiger partial charge in [-0.2, -0.15) is 0 Å². The molecule has 38 heavy (non-hydrogen) atoms. The van der Waals surface area contributed by atoms with Gasteiger partial charge in [0, 0.05) is 0 Å². The van der Waals surface area contributed by atoms with Gasteiger partial charge < -0.3 is 0 Å². The third kappa shape index (κ3) is 2.93. The van der Waals surface area contributed by atoms with Crippen molar-refractivity contribution in [2.24, 2.45) is 5.41 Å². The Morgan fingerprint density at radius 3 is 1.82 bits per heavy atom. The molecule has 1 aromatic heterocycles. The molecule has 0 radical (unpaired) electrons. The second-order valence-electron chi connectivity index (χ2n) is 10.5. The first-order valence-electron chi connectivity index (χ1n) is 12.4. The van der Waals surface area contributed by atoms with Crippen LogP contribution in [0.1, 0.15) is 13.8 Å². The van der Waals surface area contributed by atoms with E-state index < -0.39 is 7.23 Å². The van der Waals surface area contributed by atoms with Crippen molar-refractivity contribution in [2.45, 2.75) is 13.8 Å². The minimum atomic E-state index is -5.57. The van der Waals surface area contributed by atoms with E-state index in [1.54, 1.807) is 0 Å². The SMILES string of the molecule is CC1(C)CO[P-]23(OC1)(Oc1c(c4ccccc4c4ccccc14)O2)Oc1cccc2ccc[n+]3c12.ClCCl. The molecule has 0 atom stereocenters. The first kappa shape index (κ1) is 24.2. The molecule has 3 aliphatic rings. The standard InChI is InChI=1S/C28H24NO5P.CH2Cl2/c1-28(2)17-30-35(31-18-28,29-16-8-10-19-9-7-15-24(32-35)25(19)29)33-26-22-13-5-3-11-20(22)21-12-4-6-14-23(21)27(26)34-35;2-1-3/h3-16H,17-18H2,1-2H3;1H2. The number of alkyl halides is 2. The number of fused-ring (bicyclic) bond motifs is 6. The van der Waals surface area contributed by atoms with Crippen LogP contribution >= 0.6 is 30.4 Å². The van der Waals surface area contributed by atoms with Gasteiger partial charge in [0.2, 0.25) is 0 Å². The summed E-state index contributed by atoms with van der Waals surface area (Å²) in [5, 5.41) is 5.15. The summed E-state index contributed by atoms with van der Waals surface area (Å²) in [6.07, 6.45) is 1.89. The largest absolute Gasteiger partial charge is 0.109 e. The zero-order chi connectivity index (χ0) is 26.2. The predicted octanol–water partition coefficient (Wildman–Crippen LogP) is 8.22. The van der Waals surface area contributed by atoms with Crippen LogP contribution in [0.5, 0.6) is 17.2 Å². The summed E-state index contributed by atoms with van der Waals surface area (Å²) in [6.45, 7) is 4.87. The summed E-state index contributed by atoms with van der Waals surface area (Å²) in [4.78, 5) is 0. The summed E-state index contributed by atoms with van der Waals surface area (Å²) in [5.74, 6) is 1.76. The fourth-order valence-corrected chi connectivity index (χ4v) is 10.5. The third-order valence-corrected chi connectivity index (χ3v) is 11.6. The molecule has 6 nitrogen and oxygen atoms in total. The smallest absolute Gasteiger partial charge is 0.0967 e. The van der Waals surface area contributed by atoms with Crippen molar-refractivity contribution in [3.8, 4) is 17.2 Å². The van der Waals surface area contributed by atoms with Crippen molar-refractivity contribution >= 4 is 62.9 Å². The van der Waals surface area contributed by atoms with Crippen molar-refractivity contribution in [2.75, 3.05) is 18.6 Å². The maximum absolute atomic E-state index is 7.07. The molecule has 9 heteroatoms. The zero-order valence-electron chi connectivity index (χ0n) is 20.9. The van der Waals surface area contributed by atoms with E-state index in [9.17, 15) is 0 Å². The van der Waals surface area contributed by atoms with Crippen LogP contribution in [0.2, 0.25) is 0 Å². The Labute approximate surface area is 229 Å². The molecule has 0 aliphatic carbocycles. The Bertz CT molecular complexity index is 1720. The maximum atomic E-state index is 7.07. The van der Waals surface area contributed by atoms with Crippen LogP contribution in [0.3, 0.4) is 0 Å². The molecule has 4 heterocycles. The summed E-state index contributed by atoms with van der Waals surface area (Å²) in [7, 11) is -5.57. The molecule has 1 spiro atoms. The third-order valence-electron chi connectivity index (χ3n) is 7.34. The summed E-state index contributed by atoms with van der Waals surface area (Å²) < 4.78 is 36.6. The van der Waals surface area contributed by atoms with E-state index in [0.29, 0.717) is 30.5 Å². The zero-order valence-corrected chi connectivity index (χ0v) is 23.3. The molecule has 5 aromatic rings. The monoisotopic (exact) mass is 569 g/mol. The fraction of sp³-hybridized carbons (Fsp3) is 0.207. The number of nitrogens with zero attached hydrogens (tertiary/aromatic N) is 1. The van der Waals surface area contributed by atoms with Gasteiger partial charge in [-0.25, -0.2) is 0 Å². The Kier molecular flexibility index (Phi) is 4.85. The summed E-state index contributed by atoms with van der Waals surface area (Å²) in [5.41, 5.74) is 0.573. The van der Waals surface area contributed by atoms with Gasteiger partial charge in [0.1, 0.15) is 0 Å². The van der Waals surface area contributed by atoms with Gasteiger partial charge in [0.05, 0.1) is 5.34 Å². The van der Waals surface area contributed by atoms with Crippen LogP contribution in [-0.4, -0.2) is 18.6 Å². The topological polar surface area (TPSA) is 50.0 Å². The van der Waals surface area contributed by atoms with Crippen LogP contribution in [0, 0.1) is 5.41 Å².